The lowest BCUT2D eigenvalue weighted by atomic mass is 9.68. The minimum absolute atomic E-state index is 0.0270. The third kappa shape index (κ3) is 5.19. The molecular weight excluding hydrogens is 517 g/mol. The van der Waals surface area contributed by atoms with Crippen LogP contribution in [0.4, 0.5) is 10.1 Å². The van der Waals surface area contributed by atoms with Gasteiger partial charge in [0.1, 0.15) is 11.6 Å². The number of halogens is 1. The van der Waals surface area contributed by atoms with Gasteiger partial charge >= 0.3 is 0 Å². The second-order valence-electron chi connectivity index (χ2n) is 11.7. The van der Waals surface area contributed by atoms with Crippen LogP contribution in [0.3, 0.4) is 0 Å². The van der Waals surface area contributed by atoms with Crippen LogP contribution in [-0.2, 0) is 10.5 Å². The molecule has 4 nitrogen and oxygen atoms in total. The molecule has 1 aliphatic heterocycles. The van der Waals surface area contributed by atoms with Gasteiger partial charge in [0.05, 0.1) is 17.6 Å². The number of hydrogen-bond acceptors (Lipinski definition) is 5. The highest BCUT2D eigenvalue weighted by molar-refractivity contribution is 7.98. The van der Waals surface area contributed by atoms with Crippen molar-refractivity contribution in [1.82, 2.24) is 0 Å². The molecule has 204 valence electrons. The summed E-state index contributed by atoms with van der Waals surface area (Å²) >= 11 is 1.77. The van der Waals surface area contributed by atoms with Crippen molar-refractivity contribution < 1.29 is 9.18 Å². The van der Waals surface area contributed by atoms with Crippen LogP contribution in [0.25, 0.3) is 0 Å². The highest BCUT2D eigenvalue weighted by atomic mass is 32.2. The summed E-state index contributed by atoms with van der Waals surface area (Å²) in [5.74, 6) is 0.175. The Labute approximate surface area is 240 Å². The zero-order valence-electron chi connectivity index (χ0n) is 23.6. The van der Waals surface area contributed by atoms with Crippen molar-refractivity contribution >= 4 is 23.2 Å². The van der Waals surface area contributed by atoms with Crippen LogP contribution in [0.2, 0.25) is 0 Å². The van der Waals surface area contributed by atoms with E-state index >= 15 is 0 Å². The Morgan fingerprint density at radius 2 is 1.70 bits per heavy atom. The van der Waals surface area contributed by atoms with Crippen LogP contribution in [-0.4, -0.2) is 5.78 Å². The lowest BCUT2D eigenvalue weighted by Gasteiger charge is -2.44. The Morgan fingerprint density at radius 3 is 2.35 bits per heavy atom. The zero-order chi connectivity index (χ0) is 28.8. The second-order valence-corrected chi connectivity index (χ2v) is 12.7. The number of thioether (sulfide) groups is 1. The third-order valence-electron chi connectivity index (χ3n) is 7.92. The molecule has 2 aliphatic rings. The summed E-state index contributed by atoms with van der Waals surface area (Å²) in [6, 6.07) is 21.2. The Hall–Kier alpha value is -3.82. The number of aryl methyl sites for hydroxylation is 3. The number of nitrogens with two attached hydrogens (primary N) is 1. The van der Waals surface area contributed by atoms with E-state index in [0.717, 1.165) is 28.1 Å². The summed E-state index contributed by atoms with van der Waals surface area (Å²) < 4.78 is 13.8. The molecule has 5 rings (SSSR count). The van der Waals surface area contributed by atoms with Gasteiger partial charge in [0.15, 0.2) is 5.78 Å². The Balaban J connectivity index is 1.65. The molecule has 3 aromatic rings. The molecule has 0 saturated carbocycles. The summed E-state index contributed by atoms with van der Waals surface area (Å²) in [5.41, 5.74) is 14.4. The molecule has 0 bridgehead atoms. The maximum Gasteiger partial charge on any atom is 0.162 e. The van der Waals surface area contributed by atoms with Gasteiger partial charge in [-0.05, 0) is 91.3 Å². The van der Waals surface area contributed by atoms with Crippen LogP contribution in [0.1, 0.15) is 60.4 Å². The van der Waals surface area contributed by atoms with E-state index in [-0.39, 0.29) is 17.0 Å². The van der Waals surface area contributed by atoms with Gasteiger partial charge in [0.2, 0.25) is 0 Å². The number of hydrogen-bond donors (Lipinski definition) is 1. The number of nitrogens with zero attached hydrogens (tertiary/aromatic N) is 2. The van der Waals surface area contributed by atoms with Gasteiger partial charge in [-0.25, -0.2) is 4.39 Å². The van der Waals surface area contributed by atoms with Crippen LogP contribution >= 0.6 is 11.8 Å². The van der Waals surface area contributed by atoms with E-state index in [2.05, 4.69) is 70.2 Å². The SMILES string of the molecule is Cc1ccc(SCc2cc(C3C(C#N)=C(N)N(c4ccc(F)cc4)C4=C3C(=O)CC(C)(C)C4)c(C)cc2C)cc1. The highest BCUT2D eigenvalue weighted by Crippen LogP contribution is 2.51. The molecular formula is C34H34FN3OS. The first-order chi connectivity index (χ1) is 19.0. The molecule has 0 amide bonds. The fourth-order valence-electron chi connectivity index (χ4n) is 5.88. The number of carbonyl (C=O) groups excluding carboxylic acids is 1. The molecule has 0 radical (unpaired) electrons. The van der Waals surface area contributed by atoms with Crippen molar-refractivity contribution in [3.8, 4) is 6.07 Å². The monoisotopic (exact) mass is 551 g/mol. The summed E-state index contributed by atoms with van der Waals surface area (Å²) in [7, 11) is 0. The maximum atomic E-state index is 13.9. The van der Waals surface area contributed by atoms with Crippen molar-refractivity contribution in [2.45, 2.75) is 64.0 Å². The molecule has 0 fully saturated rings. The van der Waals surface area contributed by atoms with E-state index in [1.54, 1.807) is 28.8 Å². The number of rotatable bonds is 5. The van der Waals surface area contributed by atoms with E-state index < -0.39 is 5.92 Å². The smallest absolute Gasteiger partial charge is 0.162 e. The number of benzene rings is 3. The molecule has 0 spiro atoms. The van der Waals surface area contributed by atoms with Gasteiger partial charge in [-0.15, -0.1) is 11.8 Å². The molecule has 1 heterocycles. The number of nitriles is 1. The van der Waals surface area contributed by atoms with E-state index in [9.17, 15) is 14.4 Å². The average molecular weight is 552 g/mol. The normalized spacial score (nSPS) is 18.6. The van der Waals surface area contributed by atoms with Gasteiger partial charge in [0.25, 0.3) is 0 Å². The topological polar surface area (TPSA) is 70.1 Å². The van der Waals surface area contributed by atoms with Crippen molar-refractivity contribution in [1.29, 1.82) is 5.26 Å². The predicted octanol–water partition coefficient (Wildman–Crippen LogP) is 7.98. The summed E-state index contributed by atoms with van der Waals surface area (Å²) in [6.07, 6.45) is 1.00. The maximum absolute atomic E-state index is 13.9. The van der Waals surface area contributed by atoms with Gasteiger partial charge in [-0.2, -0.15) is 5.26 Å². The fraction of sp³-hybridized carbons (Fsp3) is 0.294. The first-order valence-corrected chi connectivity index (χ1v) is 14.5. The molecule has 40 heavy (non-hydrogen) atoms. The first-order valence-electron chi connectivity index (χ1n) is 13.5. The lowest BCUT2D eigenvalue weighted by molar-refractivity contribution is -0.118. The molecule has 1 atom stereocenters. The largest absolute Gasteiger partial charge is 0.384 e. The van der Waals surface area contributed by atoms with Gasteiger partial charge in [0, 0.05) is 34.0 Å². The number of carbonyl (C=O) groups is 1. The molecule has 1 aliphatic carbocycles. The number of allylic oxidation sites excluding steroid dienone is 3. The molecule has 2 N–H and O–H groups in total. The summed E-state index contributed by atoms with van der Waals surface area (Å²) in [5, 5.41) is 10.5. The third-order valence-corrected chi connectivity index (χ3v) is 8.98. The molecule has 3 aromatic carbocycles. The number of Topliss-reactive ketones (excluding diaryl/α,β-unsaturated/α-hetero) is 1. The Bertz CT molecular complexity index is 1590. The van der Waals surface area contributed by atoms with Crippen molar-refractivity contribution in [2.75, 3.05) is 4.90 Å². The number of anilines is 1. The van der Waals surface area contributed by atoms with Gasteiger partial charge in [-0.1, -0.05) is 43.7 Å². The van der Waals surface area contributed by atoms with Crippen molar-refractivity contribution in [2.24, 2.45) is 11.1 Å². The van der Waals surface area contributed by atoms with E-state index in [1.165, 1.54) is 28.2 Å². The molecule has 6 heteroatoms. The second kappa shape index (κ2) is 10.6. The highest BCUT2D eigenvalue weighted by Gasteiger charge is 2.45. The Morgan fingerprint density at radius 1 is 1.02 bits per heavy atom. The minimum Gasteiger partial charge on any atom is -0.384 e. The van der Waals surface area contributed by atoms with E-state index in [0.29, 0.717) is 35.5 Å². The van der Waals surface area contributed by atoms with Crippen LogP contribution in [0.5, 0.6) is 0 Å². The van der Waals surface area contributed by atoms with Gasteiger partial charge < -0.3 is 5.73 Å². The summed E-state index contributed by atoms with van der Waals surface area (Å²) in [4.78, 5) is 16.9. The average Bonchev–Trinajstić information content (AvgIpc) is 2.89. The molecule has 0 aromatic heterocycles. The van der Waals surface area contributed by atoms with E-state index in [1.807, 2.05) is 6.92 Å². The van der Waals surface area contributed by atoms with Crippen LogP contribution in [0.15, 0.2) is 88.2 Å². The molecule has 0 saturated heterocycles. The lowest BCUT2D eigenvalue weighted by Crippen LogP contribution is -2.42. The zero-order valence-corrected chi connectivity index (χ0v) is 24.5. The van der Waals surface area contributed by atoms with E-state index in [4.69, 9.17) is 5.73 Å². The van der Waals surface area contributed by atoms with Crippen molar-refractivity contribution in [3.05, 3.63) is 117 Å². The Kier molecular flexibility index (Phi) is 7.37. The first kappa shape index (κ1) is 27.7. The fourth-order valence-corrected chi connectivity index (χ4v) is 6.84. The standard InChI is InChI=1S/C34H34FN3OS/c1-20-6-12-26(13-7-20)40-19-23-15-27(22(3)14-21(23)2)31-28(18-36)33(37)38(25-10-8-24(35)9-11-25)29-16-34(4,5)17-30(39)32(29)31/h6-15,31H,16-17,19,37H2,1-5H3. The minimum atomic E-state index is -0.552. The van der Waals surface area contributed by atoms with Crippen LogP contribution in [0, 0.1) is 43.3 Å². The van der Waals surface area contributed by atoms with Gasteiger partial charge in [-0.3, -0.25) is 9.69 Å². The van der Waals surface area contributed by atoms with Crippen molar-refractivity contribution in [3.63, 3.8) is 0 Å². The molecule has 1 unspecified atom stereocenters. The number of ketones is 1. The van der Waals surface area contributed by atoms with Crippen LogP contribution < -0.4 is 10.6 Å². The summed E-state index contributed by atoms with van der Waals surface area (Å²) in [6.45, 7) is 10.4. The predicted molar refractivity (Wildman–Crippen MR) is 160 cm³/mol. The quantitative estimate of drug-likeness (QED) is 0.326.